The molecule has 0 saturated carbocycles. The first-order valence-corrected chi connectivity index (χ1v) is 13.2. The van der Waals surface area contributed by atoms with Gasteiger partial charge in [0.1, 0.15) is 17.5 Å². The number of likely N-dealkylation sites (N-methyl/N-ethyl adjacent to an activating group) is 1. The number of carbonyl (C=O) groups excluding carboxylic acids is 3. The molecule has 2 aliphatic heterocycles. The van der Waals surface area contributed by atoms with Crippen LogP contribution < -0.4 is 10.1 Å². The maximum atomic E-state index is 13.8. The molecule has 0 spiro atoms. The number of ether oxygens (including phenoxy) is 1. The van der Waals surface area contributed by atoms with Gasteiger partial charge < -0.3 is 19.9 Å². The molecule has 0 bridgehead atoms. The predicted molar refractivity (Wildman–Crippen MR) is 143 cm³/mol. The minimum atomic E-state index is -2.94. The molecule has 3 heterocycles. The van der Waals surface area contributed by atoms with E-state index < -0.39 is 12.7 Å². The zero-order valence-corrected chi connectivity index (χ0v) is 23.0. The van der Waals surface area contributed by atoms with Gasteiger partial charge >= 0.3 is 6.61 Å². The number of fused-ring (bicyclic) bond motifs is 3. The van der Waals surface area contributed by atoms with Crippen LogP contribution in [0, 0.1) is 0 Å². The average Bonchev–Trinajstić information content (AvgIpc) is 3.29. The van der Waals surface area contributed by atoms with Crippen molar-refractivity contribution in [3.05, 3.63) is 80.6 Å². The van der Waals surface area contributed by atoms with Gasteiger partial charge in [-0.25, -0.2) is 4.68 Å². The third-order valence-electron chi connectivity index (χ3n) is 7.12. The van der Waals surface area contributed by atoms with Gasteiger partial charge in [-0.15, -0.1) is 0 Å². The van der Waals surface area contributed by atoms with Gasteiger partial charge in [0.25, 0.3) is 11.8 Å². The minimum absolute atomic E-state index is 0.0000396. The predicted octanol–water partition coefficient (Wildman–Crippen LogP) is 4.32. The van der Waals surface area contributed by atoms with Gasteiger partial charge in [0.2, 0.25) is 5.91 Å². The molecule has 0 radical (unpaired) electrons. The van der Waals surface area contributed by atoms with E-state index in [1.807, 2.05) is 6.92 Å². The first-order chi connectivity index (χ1) is 19.1. The zero-order valence-electron chi connectivity index (χ0n) is 21.5. The number of hydrogen-bond donors (Lipinski definition) is 1. The Labute approximate surface area is 238 Å². The number of alkyl halides is 2. The number of benzene rings is 2. The largest absolute Gasteiger partial charge is 0.435 e. The average molecular weight is 592 g/mol. The third kappa shape index (κ3) is 5.23. The van der Waals surface area contributed by atoms with Gasteiger partial charge in [-0.2, -0.15) is 13.9 Å². The van der Waals surface area contributed by atoms with Crippen LogP contribution >= 0.6 is 23.2 Å². The number of halogens is 4. The number of rotatable bonds is 6. The van der Waals surface area contributed by atoms with E-state index in [1.165, 1.54) is 34.8 Å². The highest BCUT2D eigenvalue weighted by Gasteiger charge is 2.42. The molecular weight excluding hydrogens is 567 g/mol. The standard InChI is InChI=1S/C27H25Cl2F2N5O4/c1-14-9-21-18(12-35(14)25(38)16-5-8-19(28)20(29)10-16)23-26(39)34(13-22(24(37)32-2)36(23)33-21)11-15-3-6-17(7-4-15)40-27(30)31/h3-8,10,14,22,27H,9,11-13H2,1-2H3,(H,32,37)/t14-,22+/m1/s1. The van der Waals surface area contributed by atoms with Crippen LogP contribution in [0.15, 0.2) is 42.5 Å². The van der Waals surface area contributed by atoms with Gasteiger partial charge in [0, 0.05) is 37.2 Å². The van der Waals surface area contributed by atoms with Crippen LogP contribution in [0.4, 0.5) is 8.78 Å². The van der Waals surface area contributed by atoms with Crippen molar-refractivity contribution < 1.29 is 27.9 Å². The summed E-state index contributed by atoms with van der Waals surface area (Å²) in [6, 6.07) is 9.59. The first-order valence-electron chi connectivity index (χ1n) is 12.5. The van der Waals surface area contributed by atoms with E-state index >= 15 is 0 Å². The minimum Gasteiger partial charge on any atom is -0.435 e. The molecule has 1 N–H and O–H groups in total. The van der Waals surface area contributed by atoms with Gasteiger partial charge in [-0.3, -0.25) is 14.4 Å². The maximum absolute atomic E-state index is 13.8. The maximum Gasteiger partial charge on any atom is 0.387 e. The third-order valence-corrected chi connectivity index (χ3v) is 7.86. The summed E-state index contributed by atoms with van der Waals surface area (Å²) in [6.07, 6.45) is 0.391. The van der Waals surface area contributed by atoms with Crippen molar-refractivity contribution in [3.63, 3.8) is 0 Å². The van der Waals surface area contributed by atoms with Crippen molar-refractivity contribution in [3.8, 4) is 5.75 Å². The number of aromatic nitrogens is 2. The summed E-state index contributed by atoms with van der Waals surface area (Å²) >= 11 is 12.2. The molecule has 2 aromatic carbocycles. The summed E-state index contributed by atoms with van der Waals surface area (Å²) in [4.78, 5) is 43.3. The zero-order chi connectivity index (χ0) is 28.7. The van der Waals surface area contributed by atoms with Crippen LogP contribution in [0.25, 0.3) is 0 Å². The summed E-state index contributed by atoms with van der Waals surface area (Å²) < 4.78 is 30.9. The highest BCUT2D eigenvalue weighted by atomic mass is 35.5. The van der Waals surface area contributed by atoms with E-state index in [0.717, 1.165) is 0 Å². The normalized spacial score (nSPS) is 18.4. The molecule has 1 aromatic heterocycles. The van der Waals surface area contributed by atoms with Gasteiger partial charge in [0.15, 0.2) is 0 Å². The lowest BCUT2D eigenvalue weighted by molar-refractivity contribution is -0.124. The summed E-state index contributed by atoms with van der Waals surface area (Å²) in [6.45, 7) is -0.750. The molecule has 13 heteroatoms. The number of amides is 3. The lowest BCUT2D eigenvalue weighted by Crippen LogP contribution is -2.48. The van der Waals surface area contributed by atoms with Crippen molar-refractivity contribution in [2.75, 3.05) is 13.6 Å². The highest BCUT2D eigenvalue weighted by Crippen LogP contribution is 2.34. The van der Waals surface area contributed by atoms with Gasteiger partial charge in [-0.1, -0.05) is 35.3 Å². The lowest BCUT2D eigenvalue weighted by Gasteiger charge is -2.35. The van der Waals surface area contributed by atoms with Crippen molar-refractivity contribution in [2.45, 2.75) is 45.1 Å². The molecule has 2 atom stereocenters. The Morgan fingerprint density at radius 3 is 2.52 bits per heavy atom. The molecule has 0 saturated heterocycles. The number of carbonyl (C=O) groups is 3. The Kier molecular flexibility index (Phi) is 7.70. The number of hydrogen-bond acceptors (Lipinski definition) is 5. The fourth-order valence-electron chi connectivity index (χ4n) is 5.09. The fraction of sp³-hybridized carbons (Fsp3) is 0.333. The summed E-state index contributed by atoms with van der Waals surface area (Å²) in [5, 5.41) is 7.89. The van der Waals surface area contributed by atoms with E-state index in [2.05, 4.69) is 15.2 Å². The van der Waals surface area contributed by atoms with Crippen LogP contribution in [-0.2, 0) is 24.3 Å². The van der Waals surface area contributed by atoms with E-state index in [9.17, 15) is 23.2 Å². The van der Waals surface area contributed by atoms with Crippen LogP contribution in [0.5, 0.6) is 5.75 Å². The Hall–Kier alpha value is -3.70. The van der Waals surface area contributed by atoms with E-state index in [4.69, 9.17) is 23.2 Å². The Bertz CT molecular complexity index is 1480. The molecule has 5 rings (SSSR count). The van der Waals surface area contributed by atoms with E-state index in [1.54, 1.807) is 29.2 Å². The van der Waals surface area contributed by atoms with E-state index in [0.29, 0.717) is 33.8 Å². The monoisotopic (exact) mass is 591 g/mol. The van der Waals surface area contributed by atoms with Crippen molar-refractivity contribution in [1.82, 2.24) is 24.9 Å². The van der Waals surface area contributed by atoms with Crippen LogP contribution in [0.2, 0.25) is 10.0 Å². The van der Waals surface area contributed by atoms with Crippen molar-refractivity contribution in [2.24, 2.45) is 0 Å². The smallest absolute Gasteiger partial charge is 0.387 e. The molecule has 2 aliphatic rings. The Morgan fingerprint density at radius 1 is 1.15 bits per heavy atom. The molecule has 3 aromatic rings. The second-order valence-electron chi connectivity index (χ2n) is 9.67. The quantitative estimate of drug-likeness (QED) is 0.460. The molecule has 9 nitrogen and oxygen atoms in total. The lowest BCUT2D eigenvalue weighted by atomic mass is 9.97. The molecule has 0 unspecified atom stereocenters. The first kappa shape index (κ1) is 27.9. The highest BCUT2D eigenvalue weighted by molar-refractivity contribution is 6.42. The van der Waals surface area contributed by atoms with Crippen molar-refractivity contribution in [1.29, 1.82) is 0 Å². The Morgan fingerprint density at radius 2 is 1.88 bits per heavy atom. The topological polar surface area (TPSA) is 96.8 Å². The Balaban J connectivity index is 1.47. The van der Waals surface area contributed by atoms with Crippen LogP contribution in [0.3, 0.4) is 0 Å². The molecule has 3 amide bonds. The molecule has 0 fully saturated rings. The van der Waals surface area contributed by atoms with Gasteiger partial charge in [0.05, 0.1) is 28.8 Å². The molecule has 0 aliphatic carbocycles. The fourth-order valence-corrected chi connectivity index (χ4v) is 5.39. The SMILES string of the molecule is CNC(=O)[C@@H]1CN(Cc2ccc(OC(F)F)cc2)C(=O)c2c3c(nn21)C[C@@H](C)N(C(=O)c1ccc(Cl)c(Cl)c1)C3. The number of nitrogens with one attached hydrogen (secondary N) is 1. The molecule has 210 valence electrons. The second-order valence-corrected chi connectivity index (χ2v) is 10.5. The van der Waals surface area contributed by atoms with Crippen LogP contribution in [0.1, 0.15) is 50.6 Å². The van der Waals surface area contributed by atoms with Crippen LogP contribution in [-0.4, -0.2) is 63.5 Å². The number of nitrogens with zero attached hydrogens (tertiary/aromatic N) is 4. The second kappa shape index (κ2) is 11.1. The summed E-state index contributed by atoms with van der Waals surface area (Å²) in [5.74, 6) is -0.944. The van der Waals surface area contributed by atoms with Gasteiger partial charge in [-0.05, 0) is 42.8 Å². The summed E-state index contributed by atoms with van der Waals surface area (Å²) in [5.41, 5.74) is 2.50. The van der Waals surface area contributed by atoms with Crippen molar-refractivity contribution >= 4 is 40.9 Å². The molecular formula is C27H25Cl2F2N5O4. The van der Waals surface area contributed by atoms with E-state index in [-0.39, 0.29) is 59.9 Å². The summed E-state index contributed by atoms with van der Waals surface area (Å²) in [7, 11) is 1.51. The molecule has 40 heavy (non-hydrogen) atoms.